The van der Waals surface area contributed by atoms with Crippen molar-refractivity contribution in [3.63, 3.8) is 0 Å². The van der Waals surface area contributed by atoms with Crippen molar-refractivity contribution in [2.75, 3.05) is 7.11 Å². The fourth-order valence-corrected chi connectivity index (χ4v) is 2.11. The third kappa shape index (κ3) is 4.81. The number of hydrazone groups is 1. The molecular formula is C17H20N4O2. The van der Waals surface area contributed by atoms with Crippen LogP contribution in [0.4, 0.5) is 0 Å². The average molecular weight is 312 g/mol. The summed E-state index contributed by atoms with van der Waals surface area (Å²) in [6, 6.07) is 9.57. The number of nitrogens with zero attached hydrogens (tertiary/aromatic N) is 3. The highest BCUT2D eigenvalue weighted by Crippen LogP contribution is 2.18. The van der Waals surface area contributed by atoms with Crippen molar-refractivity contribution in [1.29, 1.82) is 0 Å². The highest BCUT2D eigenvalue weighted by molar-refractivity contribution is 5.81. The summed E-state index contributed by atoms with van der Waals surface area (Å²) < 4.78 is 6.89. The van der Waals surface area contributed by atoms with Crippen molar-refractivity contribution in [2.45, 2.75) is 20.4 Å². The predicted octanol–water partition coefficient (Wildman–Crippen LogP) is 2.32. The molecule has 0 saturated heterocycles. The van der Waals surface area contributed by atoms with E-state index >= 15 is 0 Å². The number of carbonyl (C=O) groups is 1. The lowest BCUT2D eigenvalue weighted by atomic mass is 10.2. The van der Waals surface area contributed by atoms with E-state index in [0.717, 1.165) is 22.7 Å². The molecule has 0 saturated carbocycles. The maximum absolute atomic E-state index is 11.8. The fraction of sp³-hybridized carbons (Fsp3) is 0.235. The van der Waals surface area contributed by atoms with Gasteiger partial charge in [-0.1, -0.05) is 18.2 Å². The Labute approximate surface area is 135 Å². The Kier molecular flexibility index (Phi) is 5.68. The SMILES string of the molecule is COc1ccccc1/C=C/C=N\NC(=O)Cn1nc(C)cc1C. The summed E-state index contributed by atoms with van der Waals surface area (Å²) in [5.41, 5.74) is 5.24. The zero-order chi connectivity index (χ0) is 16.7. The normalized spacial score (nSPS) is 11.3. The molecule has 0 aliphatic heterocycles. The van der Waals surface area contributed by atoms with Gasteiger partial charge in [0.2, 0.25) is 0 Å². The molecular weight excluding hydrogens is 292 g/mol. The van der Waals surface area contributed by atoms with Crippen molar-refractivity contribution >= 4 is 18.2 Å². The van der Waals surface area contributed by atoms with Crippen LogP contribution < -0.4 is 10.2 Å². The first-order valence-corrected chi connectivity index (χ1v) is 7.23. The van der Waals surface area contributed by atoms with E-state index in [9.17, 15) is 4.79 Å². The number of rotatable bonds is 6. The average Bonchev–Trinajstić information content (AvgIpc) is 2.85. The lowest BCUT2D eigenvalue weighted by Gasteiger charge is -2.03. The number of ether oxygens (including phenoxy) is 1. The van der Waals surface area contributed by atoms with Gasteiger partial charge in [0.15, 0.2) is 0 Å². The van der Waals surface area contributed by atoms with Gasteiger partial charge in [-0.25, -0.2) is 5.43 Å². The van der Waals surface area contributed by atoms with Crippen LogP contribution in [0.3, 0.4) is 0 Å². The number of hydrogen-bond donors (Lipinski definition) is 1. The van der Waals surface area contributed by atoms with Gasteiger partial charge >= 0.3 is 0 Å². The Balaban J connectivity index is 1.85. The molecule has 0 atom stereocenters. The van der Waals surface area contributed by atoms with Gasteiger partial charge in [-0.3, -0.25) is 9.48 Å². The minimum absolute atomic E-state index is 0.146. The summed E-state index contributed by atoms with van der Waals surface area (Å²) in [4.78, 5) is 11.8. The molecule has 1 heterocycles. The number of allylic oxidation sites excluding steroid dienone is 1. The Morgan fingerprint density at radius 3 is 2.87 bits per heavy atom. The zero-order valence-electron chi connectivity index (χ0n) is 13.5. The molecule has 0 spiro atoms. The molecule has 1 amide bonds. The Hall–Kier alpha value is -2.89. The van der Waals surface area contributed by atoms with E-state index in [4.69, 9.17) is 4.74 Å². The first kappa shape index (κ1) is 16.5. The van der Waals surface area contributed by atoms with Gasteiger partial charge in [-0.2, -0.15) is 10.2 Å². The van der Waals surface area contributed by atoms with E-state index in [0.29, 0.717) is 0 Å². The molecule has 6 heteroatoms. The lowest BCUT2D eigenvalue weighted by Crippen LogP contribution is -2.24. The summed E-state index contributed by atoms with van der Waals surface area (Å²) in [5.74, 6) is 0.559. The van der Waals surface area contributed by atoms with Crippen molar-refractivity contribution in [3.8, 4) is 5.75 Å². The summed E-state index contributed by atoms with van der Waals surface area (Å²) >= 11 is 0. The molecule has 0 aliphatic carbocycles. The summed E-state index contributed by atoms with van der Waals surface area (Å²) in [6.45, 7) is 3.95. The molecule has 0 unspecified atom stereocenters. The third-order valence-electron chi connectivity index (χ3n) is 3.16. The quantitative estimate of drug-likeness (QED) is 0.657. The molecule has 1 aromatic heterocycles. The summed E-state index contributed by atoms with van der Waals surface area (Å²) in [5, 5.41) is 8.11. The maximum atomic E-state index is 11.8. The van der Waals surface area contributed by atoms with E-state index in [1.165, 1.54) is 6.21 Å². The van der Waals surface area contributed by atoms with Crippen LogP contribution >= 0.6 is 0 Å². The van der Waals surface area contributed by atoms with E-state index in [1.807, 2.05) is 50.3 Å². The minimum Gasteiger partial charge on any atom is -0.496 e. The number of aromatic nitrogens is 2. The molecule has 23 heavy (non-hydrogen) atoms. The molecule has 120 valence electrons. The third-order valence-corrected chi connectivity index (χ3v) is 3.16. The Bertz CT molecular complexity index is 732. The Morgan fingerprint density at radius 2 is 2.17 bits per heavy atom. The van der Waals surface area contributed by atoms with E-state index in [-0.39, 0.29) is 12.5 Å². The second-order valence-corrected chi connectivity index (χ2v) is 5.00. The van der Waals surface area contributed by atoms with E-state index in [1.54, 1.807) is 17.9 Å². The van der Waals surface area contributed by atoms with Gasteiger partial charge in [-0.05, 0) is 38.1 Å². The van der Waals surface area contributed by atoms with Crippen LogP contribution in [0, 0.1) is 13.8 Å². The minimum atomic E-state index is -0.224. The monoisotopic (exact) mass is 312 g/mol. The number of para-hydroxylation sites is 1. The van der Waals surface area contributed by atoms with Crippen LogP contribution in [0.1, 0.15) is 17.0 Å². The van der Waals surface area contributed by atoms with Gasteiger partial charge < -0.3 is 4.74 Å². The van der Waals surface area contributed by atoms with Crippen LogP contribution in [0.15, 0.2) is 41.5 Å². The maximum Gasteiger partial charge on any atom is 0.261 e. The fourth-order valence-electron chi connectivity index (χ4n) is 2.11. The van der Waals surface area contributed by atoms with Crippen molar-refractivity contribution < 1.29 is 9.53 Å². The molecule has 2 rings (SSSR count). The topological polar surface area (TPSA) is 68.5 Å². The van der Waals surface area contributed by atoms with Gasteiger partial charge in [0.1, 0.15) is 12.3 Å². The molecule has 1 aromatic carbocycles. The van der Waals surface area contributed by atoms with E-state index in [2.05, 4.69) is 15.6 Å². The first-order valence-electron chi connectivity index (χ1n) is 7.23. The van der Waals surface area contributed by atoms with Crippen molar-refractivity contribution in [3.05, 3.63) is 53.4 Å². The first-order chi connectivity index (χ1) is 11.1. The zero-order valence-corrected chi connectivity index (χ0v) is 13.5. The van der Waals surface area contributed by atoms with Crippen LogP contribution in [0.2, 0.25) is 0 Å². The predicted molar refractivity (Wildman–Crippen MR) is 90.4 cm³/mol. The number of amides is 1. The largest absolute Gasteiger partial charge is 0.496 e. The number of aryl methyl sites for hydroxylation is 2. The van der Waals surface area contributed by atoms with Gasteiger partial charge in [0, 0.05) is 17.5 Å². The van der Waals surface area contributed by atoms with Gasteiger partial charge in [0.05, 0.1) is 12.8 Å². The highest BCUT2D eigenvalue weighted by atomic mass is 16.5. The van der Waals surface area contributed by atoms with Crippen LogP contribution in [0.25, 0.3) is 6.08 Å². The lowest BCUT2D eigenvalue weighted by molar-refractivity contribution is -0.121. The van der Waals surface area contributed by atoms with Crippen LogP contribution in [-0.2, 0) is 11.3 Å². The molecule has 0 aliphatic rings. The summed E-state index contributed by atoms with van der Waals surface area (Å²) in [7, 11) is 1.62. The molecule has 0 bridgehead atoms. The number of hydrogen-bond acceptors (Lipinski definition) is 4. The molecule has 6 nitrogen and oxygen atoms in total. The number of benzene rings is 1. The molecule has 2 aromatic rings. The van der Waals surface area contributed by atoms with Gasteiger partial charge in [0.25, 0.3) is 5.91 Å². The summed E-state index contributed by atoms with van der Waals surface area (Å²) in [6.07, 6.45) is 5.11. The van der Waals surface area contributed by atoms with Crippen LogP contribution in [0.5, 0.6) is 5.75 Å². The standard InChI is InChI=1S/C17H20N4O2/c1-13-11-14(2)21(20-13)12-17(22)19-18-10-6-8-15-7-4-5-9-16(15)23-3/h4-11H,12H2,1-3H3,(H,19,22)/b8-6+,18-10-. The number of nitrogens with one attached hydrogen (secondary N) is 1. The Morgan fingerprint density at radius 1 is 1.39 bits per heavy atom. The molecule has 0 fully saturated rings. The second kappa shape index (κ2) is 7.93. The van der Waals surface area contributed by atoms with E-state index < -0.39 is 0 Å². The van der Waals surface area contributed by atoms with Gasteiger partial charge in [-0.15, -0.1) is 0 Å². The van der Waals surface area contributed by atoms with Crippen LogP contribution in [-0.4, -0.2) is 29.0 Å². The highest BCUT2D eigenvalue weighted by Gasteiger charge is 2.05. The molecule has 0 radical (unpaired) electrons. The second-order valence-electron chi connectivity index (χ2n) is 5.00. The number of methoxy groups -OCH3 is 1. The smallest absolute Gasteiger partial charge is 0.261 e. The molecule has 1 N–H and O–H groups in total. The van der Waals surface area contributed by atoms with Crippen molar-refractivity contribution in [2.24, 2.45) is 5.10 Å². The number of carbonyl (C=O) groups excluding carboxylic acids is 1. The van der Waals surface area contributed by atoms with Crippen molar-refractivity contribution in [1.82, 2.24) is 15.2 Å².